The van der Waals surface area contributed by atoms with Crippen LogP contribution in [-0.2, 0) is 11.3 Å². The van der Waals surface area contributed by atoms with Gasteiger partial charge in [0.2, 0.25) is 0 Å². The first-order valence-corrected chi connectivity index (χ1v) is 7.49. The van der Waals surface area contributed by atoms with Crippen molar-refractivity contribution in [3.8, 4) is 0 Å². The molecule has 0 atom stereocenters. The number of carbonyl (C=O) groups is 1. The van der Waals surface area contributed by atoms with Gasteiger partial charge in [0, 0.05) is 12.4 Å². The molecule has 1 heterocycles. The van der Waals surface area contributed by atoms with Crippen molar-refractivity contribution in [3.05, 3.63) is 64.9 Å². The first kappa shape index (κ1) is 15.2. The Morgan fingerprint density at radius 1 is 1.17 bits per heavy atom. The highest BCUT2D eigenvalue weighted by atomic mass is 32.1. The number of rotatable bonds is 3. The quantitative estimate of drug-likeness (QED) is 0.738. The fraction of sp³-hybridized carbons (Fsp3) is 0.118. The van der Waals surface area contributed by atoms with Crippen molar-refractivity contribution in [1.82, 2.24) is 9.97 Å². The smallest absolute Gasteiger partial charge is 0.415 e. The van der Waals surface area contributed by atoms with E-state index in [2.05, 4.69) is 9.97 Å². The number of amides is 1. The van der Waals surface area contributed by atoms with Gasteiger partial charge in [-0.2, -0.15) is 0 Å². The molecule has 0 fully saturated rings. The van der Waals surface area contributed by atoms with E-state index >= 15 is 0 Å². The minimum atomic E-state index is -0.480. The maximum atomic E-state index is 12.3. The van der Waals surface area contributed by atoms with Crippen molar-refractivity contribution >= 4 is 35.0 Å². The van der Waals surface area contributed by atoms with Gasteiger partial charge in [0.15, 0.2) is 4.77 Å². The SMILES string of the molecule is CN(C(=O)OCc1ccccc1)c1nc(=S)[nH]c2ccccc12. The second-order valence-electron chi connectivity index (χ2n) is 5.01. The van der Waals surface area contributed by atoms with Crippen LogP contribution in [0.2, 0.25) is 0 Å². The summed E-state index contributed by atoms with van der Waals surface area (Å²) >= 11 is 5.13. The van der Waals surface area contributed by atoms with Gasteiger partial charge >= 0.3 is 6.09 Å². The van der Waals surface area contributed by atoms with Crippen molar-refractivity contribution in [2.24, 2.45) is 0 Å². The molecule has 1 amide bonds. The van der Waals surface area contributed by atoms with Crippen LogP contribution in [0.5, 0.6) is 0 Å². The van der Waals surface area contributed by atoms with Gasteiger partial charge in [-0.1, -0.05) is 42.5 Å². The molecule has 0 saturated carbocycles. The second-order valence-corrected chi connectivity index (χ2v) is 5.40. The Balaban J connectivity index is 1.84. The number of nitrogens with zero attached hydrogens (tertiary/aromatic N) is 2. The van der Waals surface area contributed by atoms with Crippen LogP contribution in [0.15, 0.2) is 54.6 Å². The van der Waals surface area contributed by atoms with Crippen LogP contribution in [0.3, 0.4) is 0 Å². The standard InChI is InChI=1S/C17H15N3O2S/c1-20(17(21)22-11-12-7-3-2-4-8-12)15-13-9-5-6-10-14(13)18-16(23)19-15/h2-10H,11H2,1H3,(H,18,19,23). The normalized spacial score (nSPS) is 10.5. The number of hydrogen-bond acceptors (Lipinski definition) is 4. The molecule has 3 aromatic rings. The lowest BCUT2D eigenvalue weighted by Crippen LogP contribution is -2.28. The van der Waals surface area contributed by atoms with Gasteiger partial charge in [0.1, 0.15) is 12.4 Å². The van der Waals surface area contributed by atoms with Gasteiger partial charge in [0.05, 0.1) is 5.52 Å². The molecule has 0 spiro atoms. The van der Waals surface area contributed by atoms with E-state index in [4.69, 9.17) is 17.0 Å². The largest absolute Gasteiger partial charge is 0.444 e. The van der Waals surface area contributed by atoms with E-state index in [0.29, 0.717) is 10.6 Å². The van der Waals surface area contributed by atoms with Crippen molar-refractivity contribution in [1.29, 1.82) is 0 Å². The summed E-state index contributed by atoms with van der Waals surface area (Å²) in [6, 6.07) is 17.1. The van der Waals surface area contributed by atoms with Crippen molar-refractivity contribution in [3.63, 3.8) is 0 Å². The van der Waals surface area contributed by atoms with E-state index in [9.17, 15) is 4.79 Å². The Bertz CT molecular complexity index is 893. The third-order valence-corrected chi connectivity index (χ3v) is 3.61. The number of H-pyrrole nitrogens is 1. The Hall–Kier alpha value is -2.73. The van der Waals surface area contributed by atoms with E-state index in [-0.39, 0.29) is 6.61 Å². The van der Waals surface area contributed by atoms with Crippen LogP contribution in [-0.4, -0.2) is 23.1 Å². The fourth-order valence-electron chi connectivity index (χ4n) is 2.24. The monoisotopic (exact) mass is 325 g/mol. The predicted molar refractivity (Wildman–Crippen MR) is 92.0 cm³/mol. The molecule has 23 heavy (non-hydrogen) atoms. The van der Waals surface area contributed by atoms with Crippen molar-refractivity contribution in [2.45, 2.75) is 6.61 Å². The fourth-order valence-corrected chi connectivity index (χ4v) is 2.44. The molecule has 116 valence electrons. The first-order chi connectivity index (χ1) is 11.1. The molecule has 0 radical (unpaired) electrons. The lowest BCUT2D eigenvalue weighted by atomic mass is 10.2. The zero-order valence-corrected chi connectivity index (χ0v) is 13.3. The highest BCUT2D eigenvalue weighted by Gasteiger charge is 2.17. The van der Waals surface area contributed by atoms with Gasteiger partial charge in [-0.25, -0.2) is 9.78 Å². The van der Waals surface area contributed by atoms with Crippen LogP contribution in [0.1, 0.15) is 5.56 Å². The topological polar surface area (TPSA) is 58.2 Å². The summed E-state index contributed by atoms with van der Waals surface area (Å²) in [7, 11) is 1.62. The number of aromatic nitrogens is 2. The predicted octanol–water partition coefficient (Wildman–Crippen LogP) is 4.07. The second kappa shape index (κ2) is 6.58. The third-order valence-electron chi connectivity index (χ3n) is 3.41. The number of hydrogen-bond donors (Lipinski definition) is 1. The minimum absolute atomic E-state index is 0.210. The maximum Gasteiger partial charge on any atom is 0.415 e. The number of benzene rings is 2. The highest BCUT2D eigenvalue weighted by Crippen LogP contribution is 2.22. The number of anilines is 1. The van der Waals surface area contributed by atoms with Gasteiger partial charge < -0.3 is 9.72 Å². The Morgan fingerprint density at radius 3 is 2.65 bits per heavy atom. The van der Waals surface area contributed by atoms with E-state index in [0.717, 1.165) is 16.5 Å². The summed E-state index contributed by atoms with van der Waals surface area (Å²) in [4.78, 5) is 20.9. The molecule has 6 heteroatoms. The summed E-state index contributed by atoms with van der Waals surface area (Å²) in [5.74, 6) is 0.474. The third kappa shape index (κ3) is 3.37. The molecule has 0 unspecified atom stereocenters. The molecule has 0 bridgehead atoms. The van der Waals surface area contributed by atoms with Gasteiger partial charge in [0.25, 0.3) is 0 Å². The molecule has 2 aromatic carbocycles. The number of aromatic amines is 1. The van der Waals surface area contributed by atoms with Crippen LogP contribution < -0.4 is 4.90 Å². The summed E-state index contributed by atoms with van der Waals surface area (Å²) in [5, 5.41) is 0.806. The zero-order chi connectivity index (χ0) is 16.2. The summed E-state index contributed by atoms with van der Waals surface area (Å²) in [6.07, 6.45) is -0.480. The molecule has 3 rings (SSSR count). The Morgan fingerprint density at radius 2 is 1.87 bits per heavy atom. The van der Waals surface area contributed by atoms with Gasteiger partial charge in [-0.3, -0.25) is 4.90 Å². The molecule has 5 nitrogen and oxygen atoms in total. The van der Waals surface area contributed by atoms with Gasteiger partial charge in [-0.15, -0.1) is 0 Å². The molecule has 0 saturated heterocycles. The molecule has 0 aliphatic carbocycles. The number of ether oxygens (including phenoxy) is 1. The number of carbonyl (C=O) groups excluding carboxylic acids is 1. The van der Waals surface area contributed by atoms with Crippen LogP contribution >= 0.6 is 12.2 Å². The Labute approximate surface area is 138 Å². The average Bonchev–Trinajstić information content (AvgIpc) is 2.59. The van der Waals surface area contributed by atoms with E-state index in [1.807, 2.05) is 54.6 Å². The van der Waals surface area contributed by atoms with Gasteiger partial charge in [-0.05, 0) is 29.9 Å². The van der Waals surface area contributed by atoms with Crippen LogP contribution in [0, 0.1) is 4.77 Å². The zero-order valence-electron chi connectivity index (χ0n) is 12.5. The summed E-state index contributed by atoms with van der Waals surface area (Å²) in [5.41, 5.74) is 1.75. The highest BCUT2D eigenvalue weighted by molar-refractivity contribution is 7.71. The van der Waals surface area contributed by atoms with E-state index in [1.54, 1.807) is 7.05 Å². The molecular formula is C17H15N3O2S. The van der Waals surface area contributed by atoms with Crippen molar-refractivity contribution in [2.75, 3.05) is 11.9 Å². The maximum absolute atomic E-state index is 12.3. The number of fused-ring (bicyclic) bond motifs is 1. The van der Waals surface area contributed by atoms with Crippen molar-refractivity contribution < 1.29 is 9.53 Å². The number of nitrogens with one attached hydrogen (secondary N) is 1. The summed E-state index contributed by atoms with van der Waals surface area (Å²) < 4.78 is 5.66. The minimum Gasteiger partial charge on any atom is -0.444 e. The molecular weight excluding hydrogens is 310 g/mol. The molecule has 1 aromatic heterocycles. The summed E-state index contributed by atoms with van der Waals surface area (Å²) in [6.45, 7) is 0.210. The number of para-hydroxylation sites is 1. The lowest BCUT2D eigenvalue weighted by molar-refractivity contribution is 0.148. The van der Waals surface area contributed by atoms with Crippen LogP contribution in [0.4, 0.5) is 10.6 Å². The van der Waals surface area contributed by atoms with E-state index < -0.39 is 6.09 Å². The van der Waals surface area contributed by atoms with Crippen LogP contribution in [0.25, 0.3) is 10.9 Å². The molecule has 1 N–H and O–H groups in total. The lowest BCUT2D eigenvalue weighted by Gasteiger charge is -2.17. The molecule has 0 aliphatic rings. The average molecular weight is 325 g/mol. The first-order valence-electron chi connectivity index (χ1n) is 7.08. The van der Waals surface area contributed by atoms with E-state index in [1.165, 1.54) is 4.90 Å². The Kier molecular flexibility index (Phi) is 4.34. The molecule has 0 aliphatic heterocycles.